The molecule has 0 saturated heterocycles. The molecule has 3 nitrogen and oxygen atoms in total. The Bertz CT molecular complexity index is 637. The van der Waals surface area contributed by atoms with E-state index in [4.69, 9.17) is 0 Å². The second-order valence-corrected chi connectivity index (χ2v) is 5.38. The van der Waals surface area contributed by atoms with Crippen molar-refractivity contribution >= 4 is 11.4 Å². The van der Waals surface area contributed by atoms with Crippen LogP contribution in [0.5, 0.6) is 0 Å². The molecular formula is C18H20FN3. The molecule has 2 aromatic rings. The van der Waals surface area contributed by atoms with Gasteiger partial charge in [-0.3, -0.25) is 9.99 Å². The topological polar surface area (TPSA) is 19.4 Å². The Morgan fingerprint density at radius 2 is 1.82 bits per heavy atom. The maximum absolute atomic E-state index is 13.2. The van der Waals surface area contributed by atoms with Gasteiger partial charge in [0.05, 0.1) is 11.4 Å². The minimum Gasteiger partial charge on any atom is -0.274 e. The van der Waals surface area contributed by atoms with Gasteiger partial charge in [0.15, 0.2) is 0 Å². The molecule has 0 aliphatic carbocycles. The second kappa shape index (κ2) is 6.71. The van der Waals surface area contributed by atoms with Crippen LogP contribution in [0.4, 0.5) is 10.1 Å². The fourth-order valence-corrected chi connectivity index (χ4v) is 2.69. The zero-order chi connectivity index (χ0) is 15.4. The molecule has 0 unspecified atom stereocenters. The molecule has 1 aromatic heterocycles. The Kier molecular flexibility index (Phi) is 4.49. The van der Waals surface area contributed by atoms with Gasteiger partial charge >= 0.3 is 0 Å². The van der Waals surface area contributed by atoms with Crippen molar-refractivity contribution in [3.63, 3.8) is 0 Å². The summed E-state index contributed by atoms with van der Waals surface area (Å²) >= 11 is 0. The summed E-state index contributed by atoms with van der Waals surface area (Å²) in [5.74, 6) is -0.211. The maximum Gasteiger partial charge on any atom is 0.123 e. The van der Waals surface area contributed by atoms with Crippen LogP contribution in [-0.4, -0.2) is 23.1 Å². The summed E-state index contributed by atoms with van der Waals surface area (Å²) < 4.78 is 13.2. The molecule has 1 aliphatic rings. The lowest BCUT2D eigenvalue weighted by Crippen LogP contribution is -2.37. The molecule has 4 heteroatoms. The number of anilines is 1. The molecule has 1 aliphatic heterocycles. The predicted octanol–water partition coefficient (Wildman–Crippen LogP) is 4.10. The van der Waals surface area contributed by atoms with E-state index in [0.29, 0.717) is 0 Å². The van der Waals surface area contributed by atoms with Crippen LogP contribution < -0.4 is 5.01 Å². The summed E-state index contributed by atoms with van der Waals surface area (Å²) in [6.07, 6.45) is 8.10. The Hall–Kier alpha value is -2.20. The normalized spacial score (nSPS) is 15.2. The SMILES string of the molecule is CCCCN1CC=C(c2ccncc2)N1c1ccc(F)cc1. The number of hydrogen-bond acceptors (Lipinski definition) is 3. The average molecular weight is 297 g/mol. The smallest absolute Gasteiger partial charge is 0.123 e. The van der Waals surface area contributed by atoms with Gasteiger partial charge in [-0.1, -0.05) is 13.3 Å². The summed E-state index contributed by atoms with van der Waals surface area (Å²) in [5, 5.41) is 4.48. The quantitative estimate of drug-likeness (QED) is 0.828. The van der Waals surface area contributed by atoms with E-state index in [1.54, 1.807) is 12.4 Å². The summed E-state index contributed by atoms with van der Waals surface area (Å²) in [5.41, 5.74) is 3.24. The van der Waals surface area contributed by atoms with E-state index in [-0.39, 0.29) is 5.82 Å². The third-order valence-corrected chi connectivity index (χ3v) is 3.82. The number of hydrogen-bond donors (Lipinski definition) is 0. The van der Waals surface area contributed by atoms with Crippen LogP contribution >= 0.6 is 0 Å². The minimum absolute atomic E-state index is 0.211. The molecule has 2 heterocycles. The van der Waals surface area contributed by atoms with Crippen molar-refractivity contribution in [3.05, 3.63) is 66.2 Å². The third kappa shape index (κ3) is 3.02. The van der Waals surface area contributed by atoms with Crippen LogP contribution in [0.25, 0.3) is 5.70 Å². The molecule has 0 spiro atoms. The van der Waals surface area contributed by atoms with E-state index >= 15 is 0 Å². The van der Waals surface area contributed by atoms with Gasteiger partial charge in [0.2, 0.25) is 0 Å². The Morgan fingerprint density at radius 3 is 2.50 bits per heavy atom. The highest BCUT2D eigenvalue weighted by atomic mass is 19.1. The molecular weight excluding hydrogens is 277 g/mol. The first kappa shape index (κ1) is 14.7. The van der Waals surface area contributed by atoms with Gasteiger partial charge in [-0.15, -0.1) is 0 Å². The molecule has 0 radical (unpaired) electrons. The minimum atomic E-state index is -0.211. The van der Waals surface area contributed by atoms with Gasteiger partial charge in [0.25, 0.3) is 0 Å². The largest absolute Gasteiger partial charge is 0.274 e. The standard InChI is InChI=1S/C18H20FN3/c1-2-3-13-21-14-10-18(15-8-11-20-12-9-15)22(21)17-6-4-16(19)5-7-17/h4-12H,2-3,13-14H2,1H3. The van der Waals surface area contributed by atoms with Crippen molar-refractivity contribution in [2.24, 2.45) is 0 Å². The van der Waals surface area contributed by atoms with E-state index in [2.05, 4.69) is 28.0 Å². The van der Waals surface area contributed by atoms with Gasteiger partial charge in [-0.25, -0.2) is 9.40 Å². The number of hydrazine groups is 1. The average Bonchev–Trinajstić information content (AvgIpc) is 2.98. The Morgan fingerprint density at radius 1 is 1.09 bits per heavy atom. The lowest BCUT2D eigenvalue weighted by atomic mass is 10.2. The highest BCUT2D eigenvalue weighted by Crippen LogP contribution is 2.32. The zero-order valence-corrected chi connectivity index (χ0v) is 12.7. The molecule has 0 fully saturated rings. The molecule has 22 heavy (non-hydrogen) atoms. The predicted molar refractivity (Wildman–Crippen MR) is 87.6 cm³/mol. The van der Waals surface area contributed by atoms with E-state index in [9.17, 15) is 4.39 Å². The van der Waals surface area contributed by atoms with Crippen molar-refractivity contribution in [2.45, 2.75) is 19.8 Å². The molecule has 1 aromatic carbocycles. The summed E-state index contributed by atoms with van der Waals surface area (Å²) in [4.78, 5) is 4.09. The van der Waals surface area contributed by atoms with Crippen LogP contribution in [0.15, 0.2) is 54.9 Å². The van der Waals surface area contributed by atoms with Gasteiger partial charge in [-0.2, -0.15) is 0 Å². The van der Waals surface area contributed by atoms with Gasteiger partial charge < -0.3 is 0 Å². The molecule has 0 atom stereocenters. The third-order valence-electron chi connectivity index (χ3n) is 3.82. The number of nitrogens with zero attached hydrogens (tertiary/aromatic N) is 3. The van der Waals surface area contributed by atoms with E-state index in [1.165, 1.54) is 12.1 Å². The summed E-state index contributed by atoms with van der Waals surface area (Å²) in [6, 6.07) is 10.7. The van der Waals surface area contributed by atoms with Crippen LogP contribution in [0, 0.1) is 5.82 Å². The fraction of sp³-hybridized carbons (Fsp3) is 0.278. The summed E-state index contributed by atoms with van der Waals surface area (Å²) in [7, 11) is 0. The lowest BCUT2D eigenvalue weighted by Gasteiger charge is -2.32. The van der Waals surface area contributed by atoms with Crippen LogP contribution in [0.1, 0.15) is 25.3 Å². The van der Waals surface area contributed by atoms with Crippen molar-refractivity contribution in [1.29, 1.82) is 0 Å². The number of halogens is 1. The second-order valence-electron chi connectivity index (χ2n) is 5.38. The van der Waals surface area contributed by atoms with Gasteiger partial charge in [0, 0.05) is 31.0 Å². The number of rotatable bonds is 5. The Balaban J connectivity index is 1.93. The molecule has 114 valence electrons. The van der Waals surface area contributed by atoms with Gasteiger partial charge in [-0.05, 0) is 48.9 Å². The van der Waals surface area contributed by atoms with Crippen molar-refractivity contribution in [3.8, 4) is 0 Å². The van der Waals surface area contributed by atoms with Crippen molar-refractivity contribution in [1.82, 2.24) is 9.99 Å². The first-order valence-corrected chi connectivity index (χ1v) is 7.70. The number of aromatic nitrogens is 1. The van der Waals surface area contributed by atoms with Gasteiger partial charge in [0.1, 0.15) is 5.82 Å². The lowest BCUT2D eigenvalue weighted by molar-refractivity contribution is 0.319. The highest BCUT2D eigenvalue weighted by Gasteiger charge is 2.25. The monoisotopic (exact) mass is 297 g/mol. The first-order chi connectivity index (χ1) is 10.8. The zero-order valence-electron chi connectivity index (χ0n) is 12.7. The Labute approximate surface area is 130 Å². The number of unbranched alkanes of at least 4 members (excludes halogenated alkanes) is 1. The summed E-state index contributed by atoms with van der Waals surface area (Å²) in [6.45, 7) is 4.05. The highest BCUT2D eigenvalue weighted by molar-refractivity contribution is 5.80. The van der Waals surface area contributed by atoms with Crippen molar-refractivity contribution < 1.29 is 4.39 Å². The molecule has 0 amide bonds. The number of benzene rings is 1. The maximum atomic E-state index is 13.2. The molecule has 0 saturated carbocycles. The molecule has 0 bridgehead atoms. The van der Waals surface area contributed by atoms with Crippen molar-refractivity contribution in [2.75, 3.05) is 18.1 Å². The van der Waals surface area contributed by atoms with Crippen LogP contribution in [-0.2, 0) is 0 Å². The van der Waals surface area contributed by atoms with E-state index in [0.717, 1.165) is 42.9 Å². The molecule has 0 N–H and O–H groups in total. The van der Waals surface area contributed by atoms with Crippen LogP contribution in [0.3, 0.4) is 0 Å². The first-order valence-electron chi connectivity index (χ1n) is 7.70. The fourth-order valence-electron chi connectivity index (χ4n) is 2.69. The van der Waals surface area contributed by atoms with E-state index in [1.807, 2.05) is 24.3 Å². The number of pyridine rings is 1. The van der Waals surface area contributed by atoms with E-state index < -0.39 is 0 Å². The van der Waals surface area contributed by atoms with Crippen LogP contribution in [0.2, 0.25) is 0 Å². The molecule has 3 rings (SSSR count).